The van der Waals surface area contributed by atoms with Crippen LogP contribution in [0.5, 0.6) is 5.75 Å². The quantitative estimate of drug-likeness (QED) is 0.337. The molecule has 2 amide bonds. The van der Waals surface area contributed by atoms with Gasteiger partial charge in [0.2, 0.25) is 11.8 Å². The van der Waals surface area contributed by atoms with E-state index in [0.29, 0.717) is 22.9 Å². The molecule has 3 rings (SSSR count). The van der Waals surface area contributed by atoms with Crippen molar-refractivity contribution in [2.45, 2.75) is 44.7 Å². The van der Waals surface area contributed by atoms with E-state index in [4.69, 9.17) is 16.3 Å². The molecule has 0 aliphatic carbocycles. The fourth-order valence-electron chi connectivity index (χ4n) is 3.93. The number of hydrogen-bond acceptors (Lipinski definition) is 5. The minimum Gasteiger partial charge on any atom is -0.497 e. The molecular weight excluding hydrogens is 538 g/mol. The van der Waals surface area contributed by atoms with E-state index in [-0.39, 0.29) is 23.0 Å². The zero-order chi connectivity index (χ0) is 28.6. The Morgan fingerprint density at radius 1 is 1.03 bits per heavy atom. The van der Waals surface area contributed by atoms with Crippen LogP contribution in [0.15, 0.2) is 77.7 Å². The van der Waals surface area contributed by atoms with Gasteiger partial charge in [0.15, 0.2) is 0 Å². The van der Waals surface area contributed by atoms with Crippen molar-refractivity contribution in [2.75, 3.05) is 24.5 Å². The predicted octanol–water partition coefficient (Wildman–Crippen LogP) is 4.80. The van der Waals surface area contributed by atoms with Crippen LogP contribution >= 0.6 is 11.6 Å². The van der Waals surface area contributed by atoms with Crippen LogP contribution in [0, 0.1) is 6.92 Å². The summed E-state index contributed by atoms with van der Waals surface area (Å²) in [4.78, 5) is 28.2. The van der Waals surface area contributed by atoms with Gasteiger partial charge in [-0.05, 0) is 74.4 Å². The fraction of sp³-hybridized carbons (Fsp3) is 0.310. The summed E-state index contributed by atoms with van der Waals surface area (Å²) < 4.78 is 33.9. The van der Waals surface area contributed by atoms with E-state index in [2.05, 4.69) is 5.32 Å². The van der Waals surface area contributed by atoms with Crippen LogP contribution < -0.4 is 14.4 Å². The van der Waals surface area contributed by atoms with Crippen molar-refractivity contribution in [1.29, 1.82) is 0 Å². The maximum atomic E-state index is 13.9. The number of carbonyl (C=O) groups is 2. The van der Waals surface area contributed by atoms with Crippen molar-refractivity contribution >= 4 is 39.1 Å². The molecule has 1 unspecified atom stereocenters. The molecule has 208 valence electrons. The summed E-state index contributed by atoms with van der Waals surface area (Å²) in [7, 11) is -2.62. The Morgan fingerprint density at radius 2 is 1.69 bits per heavy atom. The number of aryl methyl sites for hydroxylation is 1. The molecule has 8 nitrogen and oxygen atoms in total. The second-order valence-electron chi connectivity index (χ2n) is 9.14. The van der Waals surface area contributed by atoms with Crippen LogP contribution in [0.3, 0.4) is 0 Å². The average Bonchev–Trinajstić information content (AvgIpc) is 2.93. The zero-order valence-corrected chi connectivity index (χ0v) is 24.1. The lowest BCUT2D eigenvalue weighted by atomic mass is 10.1. The Bertz CT molecular complexity index is 1380. The molecule has 0 radical (unpaired) electrons. The lowest BCUT2D eigenvalue weighted by Gasteiger charge is -2.32. The summed E-state index contributed by atoms with van der Waals surface area (Å²) in [5, 5.41) is 3.31. The van der Waals surface area contributed by atoms with E-state index in [9.17, 15) is 18.0 Å². The van der Waals surface area contributed by atoms with E-state index in [1.54, 1.807) is 67.6 Å². The van der Waals surface area contributed by atoms with Gasteiger partial charge in [0.1, 0.15) is 18.3 Å². The van der Waals surface area contributed by atoms with Gasteiger partial charge in [-0.25, -0.2) is 8.42 Å². The number of sulfonamides is 1. The number of hydrogen-bond donors (Lipinski definition) is 1. The van der Waals surface area contributed by atoms with Gasteiger partial charge in [0.05, 0.1) is 17.7 Å². The molecule has 1 atom stereocenters. The number of amides is 2. The van der Waals surface area contributed by atoms with Crippen molar-refractivity contribution in [3.63, 3.8) is 0 Å². The summed E-state index contributed by atoms with van der Waals surface area (Å²) in [5.74, 6) is -0.327. The van der Waals surface area contributed by atoms with Crippen LogP contribution in [0.25, 0.3) is 0 Å². The van der Waals surface area contributed by atoms with E-state index >= 15 is 0 Å². The number of nitrogens with one attached hydrogen (secondary N) is 1. The number of nitrogens with zero attached hydrogens (tertiary/aromatic N) is 2. The SMILES string of the molecule is CCCNC(=O)C(C)N(Cc1cccc(Cl)c1)C(=O)CN(c1ccc(OC)cc1)S(=O)(=O)c1ccc(C)cc1. The molecule has 0 saturated heterocycles. The molecule has 0 spiro atoms. The molecule has 3 aromatic rings. The normalized spacial score (nSPS) is 11.9. The first-order valence-electron chi connectivity index (χ1n) is 12.6. The lowest BCUT2D eigenvalue weighted by molar-refractivity contribution is -0.139. The van der Waals surface area contributed by atoms with E-state index in [1.165, 1.54) is 24.1 Å². The topological polar surface area (TPSA) is 96.0 Å². The average molecular weight is 572 g/mol. The van der Waals surface area contributed by atoms with E-state index in [0.717, 1.165) is 16.3 Å². The summed E-state index contributed by atoms with van der Waals surface area (Å²) in [6.45, 7) is 5.43. The Balaban J connectivity index is 2.02. The molecule has 10 heteroatoms. The third-order valence-corrected chi connectivity index (χ3v) is 8.23. The van der Waals surface area contributed by atoms with E-state index < -0.39 is 28.5 Å². The molecule has 0 heterocycles. The predicted molar refractivity (Wildman–Crippen MR) is 153 cm³/mol. The summed E-state index contributed by atoms with van der Waals surface area (Å²) >= 11 is 6.17. The molecule has 39 heavy (non-hydrogen) atoms. The first-order valence-corrected chi connectivity index (χ1v) is 14.4. The monoisotopic (exact) mass is 571 g/mol. The lowest BCUT2D eigenvalue weighted by Crippen LogP contribution is -2.51. The van der Waals surface area contributed by atoms with Gasteiger partial charge in [-0.15, -0.1) is 0 Å². The summed E-state index contributed by atoms with van der Waals surface area (Å²) in [5.41, 5.74) is 1.90. The van der Waals surface area contributed by atoms with Crippen LogP contribution in [-0.2, 0) is 26.2 Å². The molecular formula is C29H34ClN3O5S. The minimum atomic E-state index is -4.14. The van der Waals surface area contributed by atoms with Gasteiger partial charge < -0.3 is 15.0 Å². The second-order valence-corrected chi connectivity index (χ2v) is 11.4. The van der Waals surface area contributed by atoms with Crippen molar-refractivity contribution in [3.05, 3.63) is 88.9 Å². The Hall–Kier alpha value is -3.56. The molecule has 0 bridgehead atoms. The molecule has 1 N–H and O–H groups in total. The van der Waals surface area contributed by atoms with Gasteiger partial charge in [0.25, 0.3) is 10.0 Å². The first kappa shape index (κ1) is 30.0. The highest BCUT2D eigenvalue weighted by Crippen LogP contribution is 2.27. The number of ether oxygens (including phenoxy) is 1. The van der Waals surface area contributed by atoms with Crippen LogP contribution in [0.2, 0.25) is 5.02 Å². The van der Waals surface area contributed by atoms with Crippen molar-refractivity contribution in [1.82, 2.24) is 10.2 Å². The van der Waals surface area contributed by atoms with Crippen LogP contribution in [0.1, 0.15) is 31.4 Å². The number of methoxy groups -OCH3 is 1. The summed E-state index contributed by atoms with van der Waals surface area (Å²) in [6, 6.07) is 19.0. The van der Waals surface area contributed by atoms with Crippen molar-refractivity contribution in [2.24, 2.45) is 0 Å². The highest BCUT2D eigenvalue weighted by Gasteiger charge is 2.32. The maximum Gasteiger partial charge on any atom is 0.264 e. The van der Waals surface area contributed by atoms with Gasteiger partial charge >= 0.3 is 0 Å². The highest BCUT2D eigenvalue weighted by molar-refractivity contribution is 7.92. The molecule has 0 aromatic heterocycles. The van der Waals surface area contributed by atoms with Crippen molar-refractivity contribution < 1.29 is 22.7 Å². The number of halogens is 1. The summed E-state index contributed by atoms with van der Waals surface area (Å²) in [6.07, 6.45) is 0.737. The third-order valence-electron chi connectivity index (χ3n) is 6.21. The van der Waals surface area contributed by atoms with E-state index in [1.807, 2.05) is 13.8 Å². The van der Waals surface area contributed by atoms with Crippen LogP contribution in [0.4, 0.5) is 5.69 Å². The number of rotatable bonds is 12. The van der Waals surface area contributed by atoms with Gasteiger partial charge in [-0.1, -0.05) is 48.4 Å². The zero-order valence-electron chi connectivity index (χ0n) is 22.6. The molecule has 0 aliphatic rings. The smallest absolute Gasteiger partial charge is 0.264 e. The standard InChI is InChI=1S/C29H34ClN3O5S/c1-5-17-31-29(35)22(3)32(19-23-7-6-8-24(30)18-23)28(34)20-33(25-11-13-26(38-4)14-12-25)39(36,37)27-15-9-21(2)10-16-27/h6-16,18,22H,5,17,19-20H2,1-4H3,(H,31,35). The number of carbonyl (C=O) groups excluding carboxylic acids is 2. The Morgan fingerprint density at radius 3 is 2.28 bits per heavy atom. The molecule has 3 aromatic carbocycles. The Labute approximate surface area is 235 Å². The third kappa shape index (κ3) is 7.74. The first-order chi connectivity index (χ1) is 18.6. The Kier molecular flexibility index (Phi) is 10.4. The fourth-order valence-corrected chi connectivity index (χ4v) is 5.55. The molecule has 0 fully saturated rings. The maximum absolute atomic E-state index is 13.9. The largest absolute Gasteiger partial charge is 0.497 e. The molecule has 0 aliphatic heterocycles. The van der Waals surface area contributed by atoms with Crippen LogP contribution in [-0.4, -0.2) is 51.4 Å². The van der Waals surface area contributed by atoms with Crippen molar-refractivity contribution in [3.8, 4) is 5.75 Å². The number of benzene rings is 3. The van der Waals surface area contributed by atoms with Gasteiger partial charge in [-0.3, -0.25) is 13.9 Å². The minimum absolute atomic E-state index is 0.0480. The van der Waals surface area contributed by atoms with Gasteiger partial charge in [0, 0.05) is 18.1 Å². The van der Waals surface area contributed by atoms with Gasteiger partial charge in [-0.2, -0.15) is 0 Å². The second kappa shape index (κ2) is 13.5. The number of anilines is 1. The molecule has 0 saturated carbocycles. The highest BCUT2D eigenvalue weighted by atomic mass is 35.5.